The lowest BCUT2D eigenvalue weighted by atomic mass is 9.91. The van der Waals surface area contributed by atoms with Crippen LogP contribution in [0.15, 0.2) is 0 Å². The summed E-state index contributed by atoms with van der Waals surface area (Å²) in [4.78, 5) is 15.1. The van der Waals surface area contributed by atoms with E-state index < -0.39 is 0 Å². The van der Waals surface area contributed by atoms with E-state index in [-0.39, 0.29) is 24.8 Å². The number of carbonyl (C=O) groups is 1. The Morgan fingerprint density at radius 2 is 1.78 bits per heavy atom. The first-order chi connectivity index (χ1) is 10.3. The SMILES string of the molecule is Cl.Cl.O=C(NC1CCN(C2CCCC2)C1)C1CC12CCNCC2. The molecule has 23 heavy (non-hydrogen) atoms. The van der Waals surface area contributed by atoms with Gasteiger partial charge in [0.2, 0.25) is 5.91 Å². The minimum atomic E-state index is 0. The van der Waals surface area contributed by atoms with E-state index in [4.69, 9.17) is 0 Å². The zero-order chi connectivity index (χ0) is 14.3. The number of amides is 1. The second-order valence-corrected chi connectivity index (χ2v) is 7.80. The molecule has 6 heteroatoms. The number of rotatable bonds is 3. The number of carbonyl (C=O) groups excluding carboxylic acids is 1. The van der Waals surface area contributed by atoms with Crippen LogP contribution in [0, 0.1) is 11.3 Å². The largest absolute Gasteiger partial charge is 0.352 e. The van der Waals surface area contributed by atoms with E-state index in [9.17, 15) is 4.79 Å². The highest BCUT2D eigenvalue weighted by molar-refractivity contribution is 5.85. The van der Waals surface area contributed by atoms with Crippen molar-refractivity contribution in [3.8, 4) is 0 Å². The van der Waals surface area contributed by atoms with Crippen molar-refractivity contribution in [2.75, 3.05) is 26.2 Å². The predicted molar refractivity (Wildman–Crippen MR) is 97.5 cm³/mol. The Morgan fingerprint density at radius 3 is 2.48 bits per heavy atom. The highest BCUT2D eigenvalue weighted by Crippen LogP contribution is 2.58. The molecule has 4 fully saturated rings. The quantitative estimate of drug-likeness (QED) is 0.808. The molecule has 1 amide bonds. The molecule has 2 saturated carbocycles. The third-order valence-corrected chi connectivity index (χ3v) is 6.51. The van der Waals surface area contributed by atoms with Gasteiger partial charge in [-0.3, -0.25) is 9.69 Å². The molecule has 2 saturated heterocycles. The van der Waals surface area contributed by atoms with Crippen LogP contribution in [0.5, 0.6) is 0 Å². The number of hydrogen-bond donors (Lipinski definition) is 2. The van der Waals surface area contributed by atoms with E-state index in [2.05, 4.69) is 15.5 Å². The maximum Gasteiger partial charge on any atom is 0.223 e. The number of hydrogen-bond acceptors (Lipinski definition) is 3. The van der Waals surface area contributed by atoms with Crippen molar-refractivity contribution in [1.82, 2.24) is 15.5 Å². The molecular weight excluding hydrogens is 333 g/mol. The fourth-order valence-corrected chi connectivity index (χ4v) is 5.00. The normalized spacial score (nSPS) is 33.0. The molecule has 0 aromatic heterocycles. The van der Waals surface area contributed by atoms with Gasteiger partial charge >= 0.3 is 0 Å². The summed E-state index contributed by atoms with van der Waals surface area (Å²) in [7, 11) is 0. The summed E-state index contributed by atoms with van der Waals surface area (Å²) in [6, 6.07) is 1.22. The van der Waals surface area contributed by atoms with Crippen molar-refractivity contribution in [2.24, 2.45) is 11.3 Å². The Kier molecular flexibility index (Phi) is 6.63. The standard InChI is InChI=1S/C17H29N3O.2ClH/c21-16(15-11-17(15)6-8-18-9-7-17)19-13-5-10-20(12-13)14-3-1-2-4-14;;/h13-15,18H,1-12H2,(H,19,21);2*1H. The van der Waals surface area contributed by atoms with Crippen molar-refractivity contribution in [3.05, 3.63) is 0 Å². The van der Waals surface area contributed by atoms with Crippen molar-refractivity contribution >= 4 is 30.7 Å². The molecule has 0 bridgehead atoms. The maximum absolute atomic E-state index is 12.5. The first kappa shape index (κ1) is 19.3. The Balaban J connectivity index is 0.000000960. The molecule has 4 nitrogen and oxygen atoms in total. The lowest BCUT2D eigenvalue weighted by Gasteiger charge is -2.25. The lowest BCUT2D eigenvalue weighted by Crippen LogP contribution is -2.41. The van der Waals surface area contributed by atoms with Crippen LogP contribution in [0.25, 0.3) is 0 Å². The molecule has 0 aromatic rings. The van der Waals surface area contributed by atoms with Crippen molar-refractivity contribution in [1.29, 1.82) is 0 Å². The molecule has 0 radical (unpaired) electrons. The summed E-state index contributed by atoms with van der Waals surface area (Å²) >= 11 is 0. The van der Waals surface area contributed by atoms with E-state index in [1.807, 2.05) is 0 Å². The van der Waals surface area contributed by atoms with Crippen LogP contribution in [-0.4, -0.2) is 49.1 Å². The van der Waals surface area contributed by atoms with Gasteiger partial charge in [-0.25, -0.2) is 0 Å². The van der Waals surface area contributed by atoms with Crippen molar-refractivity contribution < 1.29 is 4.79 Å². The molecule has 2 heterocycles. The minimum Gasteiger partial charge on any atom is -0.352 e. The van der Waals surface area contributed by atoms with E-state index in [1.165, 1.54) is 45.1 Å². The van der Waals surface area contributed by atoms with Gasteiger partial charge in [0.1, 0.15) is 0 Å². The van der Waals surface area contributed by atoms with Gasteiger partial charge in [-0.05, 0) is 57.0 Å². The number of nitrogens with one attached hydrogen (secondary N) is 2. The second-order valence-electron chi connectivity index (χ2n) is 7.80. The third kappa shape index (κ3) is 3.97. The van der Waals surface area contributed by atoms with Gasteiger partial charge in [0, 0.05) is 31.1 Å². The molecule has 4 aliphatic rings. The molecule has 0 aromatic carbocycles. The summed E-state index contributed by atoms with van der Waals surface area (Å²) in [6.45, 7) is 4.48. The Bertz CT molecular complexity index is 409. The van der Waals surface area contributed by atoms with Gasteiger partial charge < -0.3 is 10.6 Å². The Hall–Kier alpha value is -0.0300. The first-order valence-corrected chi connectivity index (χ1v) is 9.02. The Labute approximate surface area is 152 Å². The number of piperidine rings is 1. The average Bonchev–Trinajstić information content (AvgIpc) is 2.93. The molecule has 2 atom stereocenters. The van der Waals surface area contributed by atoms with Crippen molar-refractivity contribution in [3.63, 3.8) is 0 Å². The summed E-state index contributed by atoms with van der Waals surface area (Å²) in [5, 5.41) is 6.78. The van der Waals surface area contributed by atoms with Crippen LogP contribution in [0.2, 0.25) is 0 Å². The number of nitrogens with zero attached hydrogens (tertiary/aromatic N) is 1. The fraction of sp³-hybridized carbons (Fsp3) is 0.941. The predicted octanol–water partition coefficient (Wildman–Crippen LogP) is 2.35. The zero-order valence-electron chi connectivity index (χ0n) is 13.9. The summed E-state index contributed by atoms with van der Waals surface area (Å²) in [6.07, 6.45) is 10.2. The molecule has 4 rings (SSSR count). The van der Waals surface area contributed by atoms with Gasteiger partial charge in [0.05, 0.1) is 0 Å². The van der Waals surface area contributed by atoms with E-state index in [0.717, 1.165) is 38.5 Å². The molecule has 2 aliphatic heterocycles. The molecular formula is C17H31Cl2N3O. The smallest absolute Gasteiger partial charge is 0.223 e. The van der Waals surface area contributed by atoms with Crippen LogP contribution in [0.3, 0.4) is 0 Å². The van der Waals surface area contributed by atoms with Gasteiger partial charge in [-0.15, -0.1) is 24.8 Å². The van der Waals surface area contributed by atoms with Crippen LogP contribution >= 0.6 is 24.8 Å². The lowest BCUT2D eigenvalue weighted by molar-refractivity contribution is -0.123. The summed E-state index contributed by atoms with van der Waals surface area (Å²) in [5.74, 6) is 0.676. The highest BCUT2D eigenvalue weighted by Gasteiger charge is 2.57. The van der Waals surface area contributed by atoms with Gasteiger partial charge in [0.15, 0.2) is 0 Å². The molecule has 2 N–H and O–H groups in total. The zero-order valence-corrected chi connectivity index (χ0v) is 15.5. The average molecular weight is 364 g/mol. The summed E-state index contributed by atoms with van der Waals surface area (Å²) in [5.41, 5.74) is 0.374. The first-order valence-electron chi connectivity index (χ1n) is 9.02. The van der Waals surface area contributed by atoms with Gasteiger partial charge in [-0.1, -0.05) is 12.8 Å². The topological polar surface area (TPSA) is 44.4 Å². The molecule has 2 aliphatic carbocycles. The second kappa shape index (κ2) is 7.90. The summed E-state index contributed by atoms with van der Waals surface area (Å²) < 4.78 is 0. The molecule has 2 unspecified atom stereocenters. The van der Waals surface area contributed by atoms with E-state index in [1.54, 1.807) is 0 Å². The minimum absolute atomic E-state index is 0. The van der Waals surface area contributed by atoms with Crippen LogP contribution in [0.4, 0.5) is 0 Å². The highest BCUT2D eigenvalue weighted by atomic mass is 35.5. The number of likely N-dealkylation sites (tertiary alicyclic amines) is 1. The fourth-order valence-electron chi connectivity index (χ4n) is 5.00. The van der Waals surface area contributed by atoms with Crippen LogP contribution < -0.4 is 10.6 Å². The van der Waals surface area contributed by atoms with Crippen LogP contribution in [0.1, 0.15) is 51.4 Å². The monoisotopic (exact) mass is 363 g/mol. The van der Waals surface area contributed by atoms with E-state index in [0.29, 0.717) is 23.3 Å². The Morgan fingerprint density at radius 1 is 1.09 bits per heavy atom. The van der Waals surface area contributed by atoms with Gasteiger partial charge in [-0.2, -0.15) is 0 Å². The van der Waals surface area contributed by atoms with E-state index >= 15 is 0 Å². The third-order valence-electron chi connectivity index (χ3n) is 6.51. The molecule has 1 spiro atoms. The molecule has 134 valence electrons. The maximum atomic E-state index is 12.5. The van der Waals surface area contributed by atoms with Crippen LogP contribution in [-0.2, 0) is 4.79 Å². The number of halogens is 2. The van der Waals surface area contributed by atoms with Crippen molar-refractivity contribution in [2.45, 2.75) is 63.5 Å². The van der Waals surface area contributed by atoms with Gasteiger partial charge in [0.25, 0.3) is 0 Å².